The van der Waals surface area contributed by atoms with Crippen molar-refractivity contribution in [3.8, 4) is 0 Å². The maximum atomic E-state index is 10.8. The molecule has 0 rings (SSSR count). The van der Waals surface area contributed by atoms with Crippen LogP contribution in [0.3, 0.4) is 0 Å². The molecule has 0 aromatic rings. The molecule has 26 heavy (non-hydrogen) atoms. The van der Waals surface area contributed by atoms with E-state index in [0.29, 0.717) is 38.3 Å². The highest BCUT2D eigenvalue weighted by molar-refractivity contribution is 7.85. The Morgan fingerprint density at radius 2 is 1.62 bits per heavy atom. The summed E-state index contributed by atoms with van der Waals surface area (Å²) < 4.78 is 47.6. The van der Waals surface area contributed by atoms with E-state index in [1.54, 1.807) is 0 Å². The molecule has 0 saturated heterocycles. The van der Waals surface area contributed by atoms with Crippen molar-refractivity contribution in [2.75, 3.05) is 38.8 Å². The summed E-state index contributed by atoms with van der Waals surface area (Å²) >= 11 is 0. The van der Waals surface area contributed by atoms with Crippen LogP contribution in [0, 0.1) is 11.8 Å². The summed E-state index contributed by atoms with van der Waals surface area (Å²) in [4.78, 5) is 0. The molecule has 2 unspecified atom stereocenters. The molecule has 0 amide bonds. The van der Waals surface area contributed by atoms with Crippen molar-refractivity contribution in [1.29, 1.82) is 0 Å². The lowest BCUT2D eigenvalue weighted by molar-refractivity contribution is -0.0659. The summed E-state index contributed by atoms with van der Waals surface area (Å²) in [5.41, 5.74) is 0. The van der Waals surface area contributed by atoms with Crippen molar-refractivity contribution >= 4 is 10.1 Å². The van der Waals surface area contributed by atoms with Crippen LogP contribution in [0.5, 0.6) is 0 Å². The lowest BCUT2D eigenvalue weighted by atomic mass is 10.0. The number of hydrogen-bond acceptors (Lipinski definition) is 5. The van der Waals surface area contributed by atoms with Crippen molar-refractivity contribution in [1.82, 2.24) is 0 Å². The number of ether oxygens (including phenoxy) is 3. The summed E-state index contributed by atoms with van der Waals surface area (Å²) in [6.45, 7) is 11.2. The summed E-state index contributed by atoms with van der Waals surface area (Å²) in [5, 5.41) is 0. The quantitative estimate of drug-likeness (QED) is 0.279. The molecule has 1 N–H and O–H groups in total. The summed E-state index contributed by atoms with van der Waals surface area (Å²) in [7, 11) is -3.94. The highest BCUT2D eigenvalue weighted by Crippen LogP contribution is 2.13. The van der Waals surface area contributed by atoms with Gasteiger partial charge in [-0.3, -0.25) is 4.55 Å². The first-order valence-corrected chi connectivity index (χ1v) is 11.6. The molecule has 0 aliphatic carbocycles. The fraction of sp³-hybridized carbons (Fsp3) is 1.00. The predicted octanol–water partition coefficient (Wildman–Crippen LogP) is 3.95. The van der Waals surface area contributed by atoms with Crippen LogP contribution in [0.4, 0.5) is 0 Å². The van der Waals surface area contributed by atoms with Gasteiger partial charge < -0.3 is 14.2 Å². The van der Waals surface area contributed by atoms with Gasteiger partial charge in [-0.1, -0.05) is 47.0 Å². The van der Waals surface area contributed by atoms with E-state index in [2.05, 4.69) is 27.7 Å². The van der Waals surface area contributed by atoms with Gasteiger partial charge in [-0.15, -0.1) is 0 Å². The average molecular weight is 397 g/mol. The Hall–Kier alpha value is -0.210. The van der Waals surface area contributed by atoms with Gasteiger partial charge in [0.25, 0.3) is 10.1 Å². The smallest absolute Gasteiger partial charge is 0.264 e. The highest BCUT2D eigenvalue weighted by Gasteiger charge is 2.13. The van der Waals surface area contributed by atoms with Crippen molar-refractivity contribution in [3.63, 3.8) is 0 Å². The summed E-state index contributed by atoms with van der Waals surface area (Å²) in [6, 6.07) is 0. The van der Waals surface area contributed by atoms with E-state index in [1.165, 1.54) is 19.3 Å². The molecule has 0 spiro atoms. The molecule has 0 aromatic carbocycles. The third-order valence-corrected chi connectivity index (χ3v) is 5.05. The van der Waals surface area contributed by atoms with Crippen molar-refractivity contribution in [2.24, 2.45) is 11.8 Å². The SMILES string of the molecule is CCCCC(CC)COCC(COCCC(C)C)OCCCS(=O)(=O)O. The Morgan fingerprint density at radius 3 is 2.19 bits per heavy atom. The van der Waals surface area contributed by atoms with Crippen LogP contribution in [0.1, 0.15) is 66.2 Å². The number of unbranched alkanes of at least 4 members (excludes halogenated alkanes) is 1. The van der Waals surface area contributed by atoms with E-state index in [0.717, 1.165) is 12.8 Å². The Kier molecular flexibility index (Phi) is 15.7. The van der Waals surface area contributed by atoms with Gasteiger partial charge in [-0.2, -0.15) is 8.42 Å². The van der Waals surface area contributed by atoms with E-state index >= 15 is 0 Å². The topological polar surface area (TPSA) is 82.1 Å². The standard InChI is InChI=1S/C19H40O6S/c1-5-7-9-18(6-2)14-24-16-19(15-23-12-10-17(3)4)25-11-8-13-26(20,21)22/h17-19H,5-16H2,1-4H3,(H,20,21,22). The van der Waals surface area contributed by atoms with Crippen molar-refractivity contribution in [3.05, 3.63) is 0 Å². The van der Waals surface area contributed by atoms with Crippen LogP contribution in [0.2, 0.25) is 0 Å². The second-order valence-corrected chi connectivity index (χ2v) is 8.92. The van der Waals surface area contributed by atoms with E-state index in [4.69, 9.17) is 18.8 Å². The first-order valence-electron chi connectivity index (χ1n) is 10.0. The minimum Gasteiger partial charge on any atom is -0.379 e. The zero-order chi connectivity index (χ0) is 19.8. The van der Waals surface area contributed by atoms with Crippen LogP contribution in [-0.2, 0) is 24.3 Å². The molecule has 6 nitrogen and oxygen atoms in total. The first kappa shape index (κ1) is 25.8. The fourth-order valence-electron chi connectivity index (χ4n) is 2.43. The van der Waals surface area contributed by atoms with Crippen LogP contribution >= 0.6 is 0 Å². The van der Waals surface area contributed by atoms with Gasteiger partial charge in [0, 0.05) is 19.8 Å². The molecule has 0 aromatic heterocycles. The molecule has 0 heterocycles. The van der Waals surface area contributed by atoms with Crippen LogP contribution < -0.4 is 0 Å². The fourth-order valence-corrected chi connectivity index (χ4v) is 2.92. The molecule has 0 bridgehead atoms. The van der Waals surface area contributed by atoms with Gasteiger partial charge in [0.2, 0.25) is 0 Å². The third kappa shape index (κ3) is 17.2. The molecule has 0 radical (unpaired) electrons. The molecule has 0 fully saturated rings. The molecular weight excluding hydrogens is 356 g/mol. The van der Waals surface area contributed by atoms with Crippen molar-refractivity contribution < 1.29 is 27.2 Å². The van der Waals surface area contributed by atoms with Crippen LogP contribution in [-0.4, -0.2) is 57.9 Å². The lowest BCUT2D eigenvalue weighted by Gasteiger charge is -2.21. The molecule has 158 valence electrons. The van der Waals surface area contributed by atoms with Gasteiger partial charge in [-0.05, 0) is 31.1 Å². The Bertz CT molecular complexity index is 410. The van der Waals surface area contributed by atoms with Gasteiger partial charge in [0.15, 0.2) is 0 Å². The van der Waals surface area contributed by atoms with Gasteiger partial charge in [-0.25, -0.2) is 0 Å². The molecule has 0 aliphatic rings. The maximum Gasteiger partial charge on any atom is 0.264 e. The number of rotatable bonds is 18. The van der Waals surface area contributed by atoms with Gasteiger partial charge >= 0.3 is 0 Å². The van der Waals surface area contributed by atoms with E-state index in [9.17, 15) is 8.42 Å². The van der Waals surface area contributed by atoms with E-state index in [1.807, 2.05) is 0 Å². The maximum absolute atomic E-state index is 10.8. The molecule has 2 atom stereocenters. The van der Waals surface area contributed by atoms with Gasteiger partial charge in [0.05, 0.1) is 19.0 Å². The minimum absolute atomic E-state index is 0.216. The van der Waals surface area contributed by atoms with E-state index < -0.39 is 10.1 Å². The zero-order valence-electron chi connectivity index (χ0n) is 17.1. The first-order chi connectivity index (χ1) is 12.3. The van der Waals surface area contributed by atoms with Crippen LogP contribution in [0.25, 0.3) is 0 Å². The Labute approximate surface area is 160 Å². The molecule has 0 aliphatic heterocycles. The monoisotopic (exact) mass is 396 g/mol. The van der Waals surface area contributed by atoms with Gasteiger partial charge in [0.1, 0.15) is 6.10 Å². The molecule has 0 saturated carbocycles. The van der Waals surface area contributed by atoms with Crippen molar-refractivity contribution in [2.45, 2.75) is 72.3 Å². The zero-order valence-corrected chi connectivity index (χ0v) is 17.9. The highest BCUT2D eigenvalue weighted by atomic mass is 32.2. The van der Waals surface area contributed by atoms with E-state index in [-0.39, 0.29) is 24.9 Å². The molecule has 7 heteroatoms. The Balaban J connectivity index is 4.20. The lowest BCUT2D eigenvalue weighted by Crippen LogP contribution is -2.28. The second kappa shape index (κ2) is 15.8. The summed E-state index contributed by atoms with van der Waals surface area (Å²) in [5.74, 6) is 0.866. The second-order valence-electron chi connectivity index (χ2n) is 7.34. The summed E-state index contributed by atoms with van der Waals surface area (Å²) in [6.07, 6.45) is 5.73. The minimum atomic E-state index is -3.94. The third-order valence-electron chi connectivity index (χ3n) is 4.24. The predicted molar refractivity (Wildman–Crippen MR) is 105 cm³/mol. The van der Waals surface area contributed by atoms with Crippen LogP contribution in [0.15, 0.2) is 0 Å². The Morgan fingerprint density at radius 1 is 0.923 bits per heavy atom. The normalized spacial score (nSPS) is 14.7. The average Bonchev–Trinajstić information content (AvgIpc) is 2.56. The molecular formula is C19H40O6S. The number of hydrogen-bond donors (Lipinski definition) is 1. The largest absolute Gasteiger partial charge is 0.379 e.